The van der Waals surface area contributed by atoms with Crippen LogP contribution in [-0.4, -0.2) is 24.2 Å². The van der Waals surface area contributed by atoms with Gasteiger partial charge in [0.15, 0.2) is 9.84 Å². The fourth-order valence-electron chi connectivity index (χ4n) is 2.39. The minimum Gasteiger partial charge on any atom is -0.317 e. The highest BCUT2D eigenvalue weighted by Gasteiger charge is 2.09. The Morgan fingerprint density at radius 2 is 1.77 bits per heavy atom. The topological polar surface area (TPSA) is 52.0 Å². The van der Waals surface area contributed by atoms with Gasteiger partial charge in [0.1, 0.15) is 0 Å². The Kier molecular flexibility index (Phi) is 3.58. The van der Waals surface area contributed by atoms with E-state index in [4.69, 9.17) is 0 Å². The Hall–Kier alpha value is -2.40. The molecule has 0 fully saturated rings. The number of aryl methyl sites for hydroxylation is 1. The Balaban J connectivity index is 2.06. The zero-order valence-electron chi connectivity index (χ0n) is 12.4. The van der Waals surface area contributed by atoms with Gasteiger partial charge in [-0.15, -0.1) is 0 Å². The summed E-state index contributed by atoms with van der Waals surface area (Å²) in [4.78, 5) is 4.55. The molecule has 0 radical (unpaired) electrons. The van der Waals surface area contributed by atoms with Crippen LogP contribution in [0.25, 0.3) is 16.9 Å². The van der Waals surface area contributed by atoms with E-state index in [1.54, 1.807) is 12.1 Å². The molecular weight excluding hydrogens is 296 g/mol. The first kappa shape index (κ1) is 14.5. The highest BCUT2D eigenvalue weighted by Crippen LogP contribution is 2.24. The maximum atomic E-state index is 11.5. The van der Waals surface area contributed by atoms with E-state index in [2.05, 4.69) is 11.1 Å². The molecule has 0 amide bonds. The maximum absolute atomic E-state index is 11.5. The largest absolute Gasteiger partial charge is 0.317 e. The summed E-state index contributed by atoms with van der Waals surface area (Å²) in [7, 11) is -3.18. The van der Waals surface area contributed by atoms with Gasteiger partial charge >= 0.3 is 0 Å². The summed E-state index contributed by atoms with van der Waals surface area (Å²) in [6.07, 6.45) is 6.80. The van der Waals surface area contributed by atoms with Crippen molar-refractivity contribution in [3.8, 4) is 16.9 Å². The van der Waals surface area contributed by atoms with Gasteiger partial charge < -0.3 is 4.57 Å². The van der Waals surface area contributed by atoms with Crippen LogP contribution in [0.15, 0.2) is 66.0 Å². The third kappa shape index (κ3) is 2.80. The van der Waals surface area contributed by atoms with Crippen LogP contribution in [0.4, 0.5) is 0 Å². The van der Waals surface area contributed by atoms with Gasteiger partial charge in [-0.25, -0.2) is 8.42 Å². The lowest BCUT2D eigenvalue weighted by atomic mass is 10.1. The van der Waals surface area contributed by atoms with Gasteiger partial charge in [-0.2, -0.15) is 0 Å². The third-order valence-electron chi connectivity index (χ3n) is 3.46. The molecule has 4 nitrogen and oxygen atoms in total. The van der Waals surface area contributed by atoms with Crippen molar-refractivity contribution in [2.24, 2.45) is 0 Å². The summed E-state index contributed by atoms with van der Waals surface area (Å²) in [6, 6.07) is 12.9. The minimum atomic E-state index is -3.18. The van der Waals surface area contributed by atoms with Crippen LogP contribution in [0.1, 0.15) is 5.56 Å². The van der Waals surface area contributed by atoms with Crippen molar-refractivity contribution in [3.05, 3.63) is 66.6 Å². The zero-order chi connectivity index (χ0) is 15.7. The molecule has 0 unspecified atom stereocenters. The van der Waals surface area contributed by atoms with Crippen LogP contribution in [-0.2, 0) is 9.84 Å². The lowest BCUT2D eigenvalue weighted by Gasteiger charge is -2.10. The average molecular weight is 312 g/mol. The zero-order valence-corrected chi connectivity index (χ0v) is 13.2. The van der Waals surface area contributed by atoms with Crippen molar-refractivity contribution < 1.29 is 8.42 Å². The molecule has 2 heterocycles. The van der Waals surface area contributed by atoms with E-state index in [9.17, 15) is 8.42 Å². The molecule has 0 saturated carbocycles. The minimum absolute atomic E-state index is 0.321. The average Bonchev–Trinajstić information content (AvgIpc) is 2.96. The molecule has 22 heavy (non-hydrogen) atoms. The second-order valence-corrected chi connectivity index (χ2v) is 7.30. The van der Waals surface area contributed by atoms with Crippen LogP contribution < -0.4 is 0 Å². The van der Waals surface area contributed by atoms with Gasteiger partial charge in [0.25, 0.3) is 0 Å². The molecule has 2 aromatic heterocycles. The number of pyridine rings is 1. The van der Waals surface area contributed by atoms with E-state index in [1.807, 2.05) is 54.3 Å². The highest BCUT2D eigenvalue weighted by molar-refractivity contribution is 7.90. The number of nitrogens with zero attached hydrogens (tertiary/aromatic N) is 2. The number of hydrogen-bond acceptors (Lipinski definition) is 3. The van der Waals surface area contributed by atoms with Gasteiger partial charge in [0.05, 0.1) is 10.6 Å². The summed E-state index contributed by atoms with van der Waals surface area (Å²) in [6.45, 7) is 2.00. The van der Waals surface area contributed by atoms with Gasteiger partial charge in [-0.1, -0.05) is 0 Å². The molecule has 0 aliphatic carbocycles. The standard InChI is InChI=1S/C17H16N2O2S/c1-13-10-14(12-18-11-13)17-4-3-9-19(17)15-5-7-16(8-6-15)22(2,20)21/h3-12H,1-2H3. The number of rotatable bonds is 3. The molecule has 0 atom stereocenters. The first-order valence-corrected chi connectivity index (χ1v) is 8.74. The fourth-order valence-corrected chi connectivity index (χ4v) is 3.02. The third-order valence-corrected chi connectivity index (χ3v) is 4.59. The second kappa shape index (κ2) is 5.42. The molecule has 112 valence electrons. The van der Waals surface area contributed by atoms with Crippen LogP contribution in [0.5, 0.6) is 0 Å². The van der Waals surface area contributed by atoms with E-state index >= 15 is 0 Å². The summed E-state index contributed by atoms with van der Waals surface area (Å²) in [5.74, 6) is 0. The van der Waals surface area contributed by atoms with Gasteiger partial charge in [0.2, 0.25) is 0 Å². The molecule has 0 N–H and O–H groups in total. The van der Waals surface area contributed by atoms with Gasteiger partial charge in [0, 0.05) is 36.1 Å². The van der Waals surface area contributed by atoms with Crippen LogP contribution in [0.2, 0.25) is 0 Å². The first-order valence-electron chi connectivity index (χ1n) is 6.85. The SMILES string of the molecule is Cc1cncc(-c2cccn2-c2ccc(S(C)(=O)=O)cc2)c1. The quantitative estimate of drug-likeness (QED) is 0.746. The molecule has 3 rings (SSSR count). The first-order chi connectivity index (χ1) is 10.4. The van der Waals surface area contributed by atoms with Crippen molar-refractivity contribution in [2.45, 2.75) is 11.8 Å². The molecular formula is C17H16N2O2S. The van der Waals surface area contributed by atoms with Crippen molar-refractivity contribution in [1.82, 2.24) is 9.55 Å². The molecule has 0 aliphatic heterocycles. The predicted molar refractivity (Wildman–Crippen MR) is 86.8 cm³/mol. The Morgan fingerprint density at radius 3 is 2.41 bits per heavy atom. The molecule has 3 aromatic rings. The van der Waals surface area contributed by atoms with E-state index in [1.165, 1.54) is 6.26 Å². The Morgan fingerprint density at radius 1 is 1.05 bits per heavy atom. The molecule has 5 heteroatoms. The van der Waals surface area contributed by atoms with Gasteiger partial charge in [-0.05, 0) is 55.0 Å². The molecule has 1 aromatic carbocycles. The summed E-state index contributed by atoms with van der Waals surface area (Å²) in [5.41, 5.74) is 4.05. The van der Waals surface area contributed by atoms with E-state index < -0.39 is 9.84 Å². The van der Waals surface area contributed by atoms with Crippen LogP contribution >= 0.6 is 0 Å². The normalized spacial score (nSPS) is 11.5. The lowest BCUT2D eigenvalue weighted by molar-refractivity contribution is 0.602. The fraction of sp³-hybridized carbons (Fsp3) is 0.118. The highest BCUT2D eigenvalue weighted by atomic mass is 32.2. The molecule has 0 bridgehead atoms. The van der Waals surface area contributed by atoms with Crippen molar-refractivity contribution in [2.75, 3.05) is 6.26 Å². The second-order valence-electron chi connectivity index (χ2n) is 5.28. The van der Waals surface area contributed by atoms with Crippen molar-refractivity contribution in [1.29, 1.82) is 0 Å². The van der Waals surface area contributed by atoms with Crippen LogP contribution in [0, 0.1) is 6.92 Å². The van der Waals surface area contributed by atoms with E-state index in [0.29, 0.717) is 4.90 Å². The molecule has 0 spiro atoms. The van der Waals surface area contributed by atoms with Crippen molar-refractivity contribution >= 4 is 9.84 Å². The molecule has 0 aliphatic rings. The summed E-state index contributed by atoms with van der Waals surface area (Å²) >= 11 is 0. The Labute approximate surface area is 130 Å². The van der Waals surface area contributed by atoms with Gasteiger partial charge in [-0.3, -0.25) is 4.98 Å². The number of benzene rings is 1. The maximum Gasteiger partial charge on any atom is 0.175 e. The summed E-state index contributed by atoms with van der Waals surface area (Å²) < 4.78 is 25.1. The van der Waals surface area contributed by atoms with E-state index in [0.717, 1.165) is 22.5 Å². The monoisotopic (exact) mass is 312 g/mol. The number of sulfone groups is 1. The Bertz CT molecular complexity index is 910. The number of hydrogen-bond donors (Lipinski definition) is 0. The smallest absolute Gasteiger partial charge is 0.175 e. The number of aromatic nitrogens is 2. The summed E-state index contributed by atoms with van der Waals surface area (Å²) in [5, 5.41) is 0. The molecule has 0 saturated heterocycles. The van der Waals surface area contributed by atoms with Crippen LogP contribution in [0.3, 0.4) is 0 Å². The van der Waals surface area contributed by atoms with E-state index in [-0.39, 0.29) is 0 Å². The van der Waals surface area contributed by atoms with Crippen molar-refractivity contribution in [3.63, 3.8) is 0 Å². The predicted octanol–water partition coefficient (Wildman–Crippen LogP) is 3.25. The lowest BCUT2D eigenvalue weighted by Crippen LogP contribution is -1.99.